The zero-order valence-electron chi connectivity index (χ0n) is 9.01. The molecule has 0 fully saturated rings. The second kappa shape index (κ2) is 4.22. The molecule has 86 valence electrons. The van der Waals surface area contributed by atoms with Gasteiger partial charge in [0.25, 0.3) is 0 Å². The molecule has 0 amide bonds. The molecule has 0 aliphatic heterocycles. The molecule has 3 aromatic rings. The maximum Gasteiger partial charge on any atom is 0.125 e. The summed E-state index contributed by atoms with van der Waals surface area (Å²) in [6.07, 6.45) is 1.56. The van der Waals surface area contributed by atoms with Gasteiger partial charge in [-0.1, -0.05) is 17.3 Å². The number of nitrogens with zero attached hydrogens (tertiary/aromatic N) is 3. The normalized spacial score (nSPS) is 11.1. The lowest BCUT2D eigenvalue weighted by atomic mass is 10.3. The molecule has 0 aliphatic rings. The van der Waals surface area contributed by atoms with E-state index in [9.17, 15) is 0 Å². The summed E-state index contributed by atoms with van der Waals surface area (Å²) in [5, 5.41) is 3.91. The Morgan fingerprint density at radius 1 is 1.24 bits per heavy atom. The van der Waals surface area contributed by atoms with Gasteiger partial charge in [-0.2, -0.15) is 0 Å². The molecule has 5 heteroatoms. The van der Waals surface area contributed by atoms with Crippen molar-refractivity contribution in [3.63, 3.8) is 0 Å². The van der Waals surface area contributed by atoms with E-state index in [4.69, 9.17) is 16.1 Å². The summed E-state index contributed by atoms with van der Waals surface area (Å²) in [7, 11) is 0. The van der Waals surface area contributed by atoms with Crippen molar-refractivity contribution < 1.29 is 4.52 Å². The Bertz CT molecular complexity index is 630. The van der Waals surface area contributed by atoms with Crippen molar-refractivity contribution >= 4 is 22.6 Å². The van der Waals surface area contributed by atoms with Crippen molar-refractivity contribution in [3.8, 4) is 0 Å². The van der Waals surface area contributed by atoms with Gasteiger partial charge in [-0.15, -0.1) is 11.6 Å². The van der Waals surface area contributed by atoms with Crippen LogP contribution in [0.3, 0.4) is 0 Å². The average Bonchev–Trinajstić information content (AvgIpc) is 2.98. The van der Waals surface area contributed by atoms with E-state index in [1.807, 2.05) is 30.3 Å². The Morgan fingerprint density at radius 2 is 2.12 bits per heavy atom. The largest absolute Gasteiger partial charge is 0.364 e. The van der Waals surface area contributed by atoms with Crippen molar-refractivity contribution in [2.24, 2.45) is 0 Å². The molecule has 2 heterocycles. The summed E-state index contributed by atoms with van der Waals surface area (Å²) in [5.74, 6) is 1.22. The molecule has 0 radical (unpaired) electrons. The van der Waals surface area contributed by atoms with Crippen LogP contribution in [0.1, 0.15) is 11.5 Å². The highest BCUT2D eigenvalue weighted by molar-refractivity contribution is 6.16. The Morgan fingerprint density at radius 3 is 2.88 bits per heavy atom. The van der Waals surface area contributed by atoms with Gasteiger partial charge in [0.2, 0.25) is 0 Å². The van der Waals surface area contributed by atoms with Gasteiger partial charge in [0, 0.05) is 6.07 Å². The van der Waals surface area contributed by atoms with Gasteiger partial charge in [-0.3, -0.25) is 0 Å². The molecule has 2 aromatic heterocycles. The molecule has 0 saturated heterocycles. The Kier molecular flexibility index (Phi) is 2.57. The number of hydrogen-bond donors (Lipinski definition) is 0. The Labute approximate surface area is 103 Å². The van der Waals surface area contributed by atoms with Crippen LogP contribution in [0.25, 0.3) is 11.0 Å². The quantitative estimate of drug-likeness (QED) is 0.669. The number of alkyl halides is 1. The monoisotopic (exact) mass is 247 g/mol. The van der Waals surface area contributed by atoms with E-state index in [2.05, 4.69) is 14.7 Å². The number of rotatable bonds is 3. The molecule has 0 saturated carbocycles. The summed E-state index contributed by atoms with van der Waals surface area (Å²) in [5.41, 5.74) is 2.87. The van der Waals surface area contributed by atoms with Crippen LogP contribution in [-0.2, 0) is 12.4 Å². The van der Waals surface area contributed by atoms with Gasteiger partial charge >= 0.3 is 0 Å². The van der Waals surface area contributed by atoms with E-state index >= 15 is 0 Å². The summed E-state index contributed by atoms with van der Waals surface area (Å²) in [6, 6.07) is 9.80. The van der Waals surface area contributed by atoms with Gasteiger partial charge in [-0.05, 0) is 12.1 Å². The zero-order chi connectivity index (χ0) is 11.7. The molecule has 0 atom stereocenters. The van der Waals surface area contributed by atoms with Crippen LogP contribution in [0, 0.1) is 0 Å². The van der Waals surface area contributed by atoms with E-state index < -0.39 is 0 Å². The highest BCUT2D eigenvalue weighted by Gasteiger charge is 2.10. The summed E-state index contributed by atoms with van der Waals surface area (Å²) in [4.78, 5) is 4.48. The Balaban J connectivity index is 2.12. The van der Waals surface area contributed by atoms with Gasteiger partial charge in [0.05, 0.1) is 23.5 Å². The van der Waals surface area contributed by atoms with Gasteiger partial charge in [-0.25, -0.2) is 4.98 Å². The fraction of sp³-hybridized carbons (Fsp3) is 0.167. The van der Waals surface area contributed by atoms with Crippen molar-refractivity contribution in [3.05, 3.63) is 48.1 Å². The summed E-state index contributed by atoms with van der Waals surface area (Å²) >= 11 is 5.92. The van der Waals surface area contributed by atoms with Crippen LogP contribution in [0.5, 0.6) is 0 Å². The molecular weight excluding hydrogens is 238 g/mol. The van der Waals surface area contributed by atoms with Crippen LogP contribution < -0.4 is 0 Å². The van der Waals surface area contributed by atoms with Gasteiger partial charge in [0.1, 0.15) is 17.8 Å². The first-order valence-corrected chi connectivity index (χ1v) is 5.81. The van der Waals surface area contributed by atoms with Crippen LogP contribution >= 0.6 is 11.6 Å². The van der Waals surface area contributed by atoms with E-state index in [0.717, 1.165) is 22.6 Å². The highest BCUT2D eigenvalue weighted by atomic mass is 35.5. The van der Waals surface area contributed by atoms with Gasteiger partial charge in [0.15, 0.2) is 0 Å². The minimum atomic E-state index is 0.381. The maximum absolute atomic E-state index is 5.92. The minimum Gasteiger partial charge on any atom is -0.364 e. The number of imidazole rings is 1. The summed E-state index contributed by atoms with van der Waals surface area (Å²) in [6.45, 7) is 0.624. The lowest BCUT2D eigenvalue weighted by molar-refractivity contribution is 0.409. The summed E-state index contributed by atoms with van der Waals surface area (Å²) < 4.78 is 6.89. The Hall–Kier alpha value is -1.81. The first kappa shape index (κ1) is 10.4. The van der Waals surface area contributed by atoms with Crippen molar-refractivity contribution in [1.29, 1.82) is 0 Å². The second-order valence-corrected chi connectivity index (χ2v) is 3.99. The van der Waals surface area contributed by atoms with Crippen LogP contribution in [0.2, 0.25) is 0 Å². The molecule has 4 nitrogen and oxygen atoms in total. The third-order valence-electron chi connectivity index (χ3n) is 2.66. The number of para-hydroxylation sites is 2. The molecule has 0 aliphatic carbocycles. The standard InChI is InChI=1S/C12H10ClN3O/c13-7-12-14-10-3-1-2-4-11(10)16(12)8-9-5-6-17-15-9/h1-6H,7-8H2. The van der Waals surface area contributed by atoms with Crippen molar-refractivity contribution in [1.82, 2.24) is 14.7 Å². The topological polar surface area (TPSA) is 43.9 Å². The lowest BCUT2D eigenvalue weighted by Crippen LogP contribution is -2.03. The smallest absolute Gasteiger partial charge is 0.125 e. The fourth-order valence-electron chi connectivity index (χ4n) is 1.88. The molecule has 0 unspecified atom stereocenters. The molecule has 0 bridgehead atoms. The predicted molar refractivity (Wildman–Crippen MR) is 64.9 cm³/mol. The van der Waals surface area contributed by atoms with Crippen LogP contribution in [0.15, 0.2) is 41.1 Å². The number of hydrogen-bond acceptors (Lipinski definition) is 3. The average molecular weight is 248 g/mol. The van der Waals surface area contributed by atoms with Crippen molar-refractivity contribution in [2.45, 2.75) is 12.4 Å². The van der Waals surface area contributed by atoms with E-state index in [1.165, 1.54) is 0 Å². The van der Waals surface area contributed by atoms with Crippen molar-refractivity contribution in [2.75, 3.05) is 0 Å². The fourth-order valence-corrected chi connectivity index (χ4v) is 2.09. The molecule has 3 rings (SSSR count). The second-order valence-electron chi connectivity index (χ2n) is 3.73. The SMILES string of the molecule is ClCc1nc2ccccc2n1Cc1ccon1. The molecule has 0 N–H and O–H groups in total. The van der Waals surface area contributed by atoms with E-state index in [1.54, 1.807) is 6.26 Å². The molecule has 17 heavy (non-hydrogen) atoms. The number of halogens is 1. The van der Waals surface area contributed by atoms with E-state index in [-0.39, 0.29) is 0 Å². The molecule has 1 aromatic carbocycles. The number of fused-ring (bicyclic) bond motifs is 1. The number of aromatic nitrogens is 3. The zero-order valence-corrected chi connectivity index (χ0v) is 9.76. The van der Waals surface area contributed by atoms with Gasteiger partial charge < -0.3 is 9.09 Å². The van der Waals surface area contributed by atoms with Crippen LogP contribution in [-0.4, -0.2) is 14.7 Å². The van der Waals surface area contributed by atoms with Crippen LogP contribution in [0.4, 0.5) is 0 Å². The predicted octanol–water partition coefficient (Wildman–Crippen LogP) is 2.81. The third-order valence-corrected chi connectivity index (χ3v) is 2.90. The molecule has 0 spiro atoms. The van der Waals surface area contributed by atoms with E-state index in [0.29, 0.717) is 12.4 Å². The third kappa shape index (κ3) is 1.80. The minimum absolute atomic E-state index is 0.381. The lowest BCUT2D eigenvalue weighted by Gasteiger charge is -2.04. The maximum atomic E-state index is 5.92. The first-order chi connectivity index (χ1) is 8.38. The molecular formula is C12H10ClN3O. The number of benzene rings is 1. The highest BCUT2D eigenvalue weighted by Crippen LogP contribution is 2.18. The first-order valence-electron chi connectivity index (χ1n) is 5.28.